The molecule has 160 valence electrons. The molecule has 3 rings (SSSR count). The number of ether oxygens (including phenoxy) is 2. The van der Waals surface area contributed by atoms with E-state index in [0.29, 0.717) is 24.7 Å². The quantitative estimate of drug-likeness (QED) is 0.272. The van der Waals surface area contributed by atoms with Crippen LogP contribution in [0.15, 0.2) is 53.0 Å². The number of rotatable bonds is 7. The number of aliphatic imine (C=N–C) groups is 1. The Labute approximate surface area is 198 Å². The third-order valence-electron chi connectivity index (χ3n) is 4.17. The third kappa shape index (κ3) is 6.84. The number of nitrogens with zero attached hydrogens (tertiary/aromatic N) is 4. The molecule has 3 aromatic rings. The van der Waals surface area contributed by atoms with Crippen LogP contribution < -0.4 is 14.8 Å². The average Bonchev–Trinajstić information content (AvgIpc) is 3.14. The molecule has 0 aliphatic carbocycles. The first kappa shape index (κ1) is 23.9. The van der Waals surface area contributed by atoms with Gasteiger partial charge in [-0.1, -0.05) is 6.07 Å². The van der Waals surface area contributed by atoms with E-state index in [1.807, 2.05) is 55.3 Å². The number of thiazole rings is 1. The first-order valence-corrected chi connectivity index (χ1v) is 10.0. The van der Waals surface area contributed by atoms with Crippen molar-refractivity contribution in [3.63, 3.8) is 0 Å². The second kappa shape index (κ2) is 11.7. The Bertz CT molecular complexity index is 945. The van der Waals surface area contributed by atoms with Crippen LogP contribution >= 0.6 is 35.3 Å². The van der Waals surface area contributed by atoms with Gasteiger partial charge in [0.1, 0.15) is 11.5 Å². The Morgan fingerprint density at radius 1 is 1.17 bits per heavy atom. The molecule has 0 fully saturated rings. The van der Waals surface area contributed by atoms with Crippen LogP contribution in [0.4, 0.5) is 0 Å². The van der Waals surface area contributed by atoms with Crippen LogP contribution in [0.2, 0.25) is 0 Å². The molecule has 0 spiro atoms. The number of nitrogens with one attached hydrogen (secondary N) is 1. The molecular weight excluding hydrogens is 513 g/mol. The lowest BCUT2D eigenvalue weighted by molar-refractivity contribution is 0.412. The largest absolute Gasteiger partial charge is 0.497 e. The van der Waals surface area contributed by atoms with E-state index in [9.17, 15) is 0 Å². The van der Waals surface area contributed by atoms with Gasteiger partial charge in [0.05, 0.1) is 24.4 Å². The smallest absolute Gasteiger partial charge is 0.219 e. The van der Waals surface area contributed by atoms with Gasteiger partial charge in [-0.15, -0.1) is 35.3 Å². The Morgan fingerprint density at radius 2 is 1.90 bits per heavy atom. The van der Waals surface area contributed by atoms with Crippen LogP contribution in [-0.2, 0) is 13.1 Å². The minimum atomic E-state index is 0. The van der Waals surface area contributed by atoms with Crippen molar-refractivity contribution in [1.82, 2.24) is 20.2 Å². The molecule has 1 N–H and O–H groups in total. The number of pyridine rings is 1. The van der Waals surface area contributed by atoms with E-state index in [1.54, 1.807) is 31.7 Å². The molecule has 0 radical (unpaired) electrons. The molecule has 0 saturated carbocycles. The molecule has 0 aliphatic heterocycles. The average molecular weight is 539 g/mol. The van der Waals surface area contributed by atoms with E-state index in [4.69, 9.17) is 9.47 Å². The van der Waals surface area contributed by atoms with Gasteiger partial charge in [-0.05, 0) is 36.8 Å². The monoisotopic (exact) mass is 539 g/mol. The Hall–Kier alpha value is -2.40. The van der Waals surface area contributed by atoms with Gasteiger partial charge in [0.15, 0.2) is 5.96 Å². The van der Waals surface area contributed by atoms with Crippen LogP contribution in [0.25, 0.3) is 0 Å². The fourth-order valence-corrected chi connectivity index (χ4v) is 3.31. The summed E-state index contributed by atoms with van der Waals surface area (Å²) >= 11 is 1.66. The molecular formula is C21H26IN5O2S. The van der Waals surface area contributed by atoms with E-state index in [1.165, 1.54) is 0 Å². The first-order chi connectivity index (χ1) is 14.1. The minimum absolute atomic E-state index is 0. The van der Waals surface area contributed by atoms with Gasteiger partial charge in [0.2, 0.25) is 5.88 Å². The SMILES string of the molecule is CN=C(NCc1ccc(Oc2ccc(OC)cc2)nc1)N(C)Cc1csc(C)n1.I. The van der Waals surface area contributed by atoms with E-state index >= 15 is 0 Å². The Balaban J connectivity index is 0.00000320. The van der Waals surface area contributed by atoms with Crippen molar-refractivity contribution in [2.45, 2.75) is 20.0 Å². The van der Waals surface area contributed by atoms with Crippen molar-refractivity contribution in [2.75, 3.05) is 21.2 Å². The summed E-state index contributed by atoms with van der Waals surface area (Å²) < 4.78 is 10.9. The highest BCUT2D eigenvalue weighted by atomic mass is 127. The number of benzene rings is 1. The van der Waals surface area contributed by atoms with Gasteiger partial charge in [0.25, 0.3) is 0 Å². The number of guanidine groups is 1. The number of methoxy groups -OCH3 is 1. The van der Waals surface area contributed by atoms with Gasteiger partial charge >= 0.3 is 0 Å². The highest BCUT2D eigenvalue weighted by molar-refractivity contribution is 14.0. The highest BCUT2D eigenvalue weighted by Crippen LogP contribution is 2.22. The van der Waals surface area contributed by atoms with E-state index in [0.717, 1.165) is 28.0 Å². The zero-order valence-electron chi connectivity index (χ0n) is 17.5. The zero-order chi connectivity index (χ0) is 20.6. The summed E-state index contributed by atoms with van der Waals surface area (Å²) in [7, 11) is 5.40. The standard InChI is InChI=1S/C21H25N5O2S.HI/c1-15-25-17(14-29-15)13-26(3)21(22-2)24-12-16-5-10-20(23-11-16)28-19-8-6-18(27-4)7-9-19;/h5-11,14H,12-13H2,1-4H3,(H,22,24);1H. The van der Waals surface area contributed by atoms with Gasteiger partial charge in [-0.25, -0.2) is 9.97 Å². The van der Waals surface area contributed by atoms with Gasteiger partial charge in [-0.3, -0.25) is 4.99 Å². The van der Waals surface area contributed by atoms with Crippen LogP contribution in [0.3, 0.4) is 0 Å². The molecule has 0 unspecified atom stereocenters. The summed E-state index contributed by atoms with van der Waals surface area (Å²) in [5.74, 6) is 2.84. The minimum Gasteiger partial charge on any atom is -0.497 e. The fourth-order valence-electron chi connectivity index (χ4n) is 2.70. The van der Waals surface area contributed by atoms with E-state index in [-0.39, 0.29) is 24.0 Å². The van der Waals surface area contributed by atoms with Crippen molar-refractivity contribution in [1.29, 1.82) is 0 Å². The molecule has 30 heavy (non-hydrogen) atoms. The van der Waals surface area contributed by atoms with Crippen molar-refractivity contribution in [3.8, 4) is 17.4 Å². The molecule has 7 nitrogen and oxygen atoms in total. The number of hydrogen-bond donors (Lipinski definition) is 1. The first-order valence-electron chi connectivity index (χ1n) is 9.17. The maximum absolute atomic E-state index is 5.76. The van der Waals surface area contributed by atoms with Crippen LogP contribution in [0, 0.1) is 6.92 Å². The maximum Gasteiger partial charge on any atom is 0.219 e. The lowest BCUT2D eigenvalue weighted by atomic mass is 10.3. The van der Waals surface area contributed by atoms with Crippen molar-refractivity contribution >= 4 is 41.3 Å². The lowest BCUT2D eigenvalue weighted by Crippen LogP contribution is -2.38. The summed E-state index contributed by atoms with van der Waals surface area (Å²) in [5, 5.41) is 6.49. The second-order valence-electron chi connectivity index (χ2n) is 6.40. The predicted molar refractivity (Wildman–Crippen MR) is 131 cm³/mol. The molecule has 0 aliphatic rings. The number of hydrogen-bond acceptors (Lipinski definition) is 6. The predicted octanol–water partition coefficient (Wildman–Crippen LogP) is 4.47. The molecule has 2 heterocycles. The number of aromatic nitrogens is 2. The van der Waals surface area contributed by atoms with E-state index < -0.39 is 0 Å². The van der Waals surface area contributed by atoms with Crippen molar-refractivity contribution in [3.05, 3.63) is 64.2 Å². The van der Waals surface area contributed by atoms with Crippen molar-refractivity contribution < 1.29 is 9.47 Å². The van der Waals surface area contributed by atoms with Gasteiger partial charge < -0.3 is 19.7 Å². The Morgan fingerprint density at radius 3 is 2.47 bits per heavy atom. The molecule has 0 saturated heterocycles. The normalized spacial score (nSPS) is 10.9. The molecule has 0 atom stereocenters. The molecule has 0 amide bonds. The molecule has 1 aromatic carbocycles. The fraction of sp³-hybridized carbons (Fsp3) is 0.286. The lowest BCUT2D eigenvalue weighted by Gasteiger charge is -2.21. The highest BCUT2D eigenvalue weighted by Gasteiger charge is 2.09. The number of halogens is 1. The number of aryl methyl sites for hydroxylation is 1. The Kier molecular flexibility index (Phi) is 9.31. The van der Waals surface area contributed by atoms with Gasteiger partial charge in [-0.2, -0.15) is 0 Å². The summed E-state index contributed by atoms with van der Waals surface area (Å²) in [4.78, 5) is 15.3. The summed E-state index contributed by atoms with van der Waals surface area (Å²) in [6, 6.07) is 11.2. The van der Waals surface area contributed by atoms with Crippen LogP contribution in [-0.4, -0.2) is 42.0 Å². The molecule has 0 bridgehead atoms. The van der Waals surface area contributed by atoms with Crippen molar-refractivity contribution in [2.24, 2.45) is 4.99 Å². The second-order valence-corrected chi connectivity index (χ2v) is 7.46. The van der Waals surface area contributed by atoms with Gasteiger partial charge in [0, 0.05) is 38.3 Å². The third-order valence-corrected chi connectivity index (χ3v) is 4.99. The molecule has 2 aromatic heterocycles. The summed E-state index contributed by atoms with van der Waals surface area (Å²) in [5.41, 5.74) is 2.07. The molecule has 9 heteroatoms. The zero-order valence-corrected chi connectivity index (χ0v) is 20.6. The summed E-state index contributed by atoms with van der Waals surface area (Å²) in [6.07, 6.45) is 1.79. The van der Waals surface area contributed by atoms with Crippen LogP contribution in [0.5, 0.6) is 17.4 Å². The maximum atomic E-state index is 5.76. The topological polar surface area (TPSA) is 71.9 Å². The van der Waals surface area contributed by atoms with E-state index in [2.05, 4.69) is 25.7 Å². The summed E-state index contributed by atoms with van der Waals surface area (Å²) in [6.45, 7) is 3.33. The van der Waals surface area contributed by atoms with Crippen LogP contribution in [0.1, 0.15) is 16.3 Å².